The normalized spacial score (nSPS) is 12.4. The van der Waals surface area contributed by atoms with Crippen LogP contribution >= 0.6 is 15.9 Å². The van der Waals surface area contributed by atoms with Crippen LogP contribution in [0.5, 0.6) is 5.75 Å². The molecule has 1 N–H and O–H groups in total. The SMILES string of the molecule is CCOc1ccc(C(O)c2ccco2)cc1Br. The van der Waals surface area contributed by atoms with Crippen LogP contribution in [0.15, 0.2) is 45.5 Å². The molecule has 0 saturated heterocycles. The molecular weight excluding hydrogens is 284 g/mol. The van der Waals surface area contributed by atoms with Crippen molar-refractivity contribution >= 4 is 15.9 Å². The molecule has 1 atom stereocenters. The van der Waals surface area contributed by atoms with Crippen molar-refractivity contribution in [2.45, 2.75) is 13.0 Å². The number of ether oxygens (including phenoxy) is 1. The van der Waals surface area contributed by atoms with Crippen LogP contribution in [0, 0.1) is 0 Å². The zero-order valence-electron chi connectivity index (χ0n) is 9.39. The van der Waals surface area contributed by atoms with Gasteiger partial charge in [0.2, 0.25) is 0 Å². The molecule has 0 saturated carbocycles. The Balaban J connectivity index is 2.25. The second-order valence-electron chi connectivity index (χ2n) is 3.54. The quantitative estimate of drug-likeness (QED) is 0.939. The van der Waals surface area contributed by atoms with Gasteiger partial charge in [-0.15, -0.1) is 0 Å². The average molecular weight is 297 g/mol. The van der Waals surface area contributed by atoms with Crippen molar-refractivity contribution in [2.75, 3.05) is 6.61 Å². The Morgan fingerprint density at radius 1 is 1.41 bits per heavy atom. The maximum absolute atomic E-state index is 10.1. The van der Waals surface area contributed by atoms with Crippen LogP contribution in [0.2, 0.25) is 0 Å². The van der Waals surface area contributed by atoms with E-state index in [4.69, 9.17) is 9.15 Å². The summed E-state index contributed by atoms with van der Waals surface area (Å²) in [5, 5.41) is 10.1. The summed E-state index contributed by atoms with van der Waals surface area (Å²) in [5.41, 5.74) is 0.760. The van der Waals surface area contributed by atoms with Gasteiger partial charge < -0.3 is 14.3 Å². The largest absolute Gasteiger partial charge is 0.493 e. The van der Waals surface area contributed by atoms with E-state index < -0.39 is 6.10 Å². The number of benzene rings is 1. The van der Waals surface area contributed by atoms with Crippen molar-refractivity contribution in [1.82, 2.24) is 0 Å². The molecule has 1 unspecified atom stereocenters. The zero-order chi connectivity index (χ0) is 12.3. The fourth-order valence-corrected chi connectivity index (χ4v) is 2.08. The van der Waals surface area contributed by atoms with Crippen molar-refractivity contribution in [1.29, 1.82) is 0 Å². The van der Waals surface area contributed by atoms with Crippen LogP contribution in [-0.2, 0) is 0 Å². The molecule has 4 heteroatoms. The molecule has 0 amide bonds. The predicted molar refractivity (Wildman–Crippen MR) is 68.1 cm³/mol. The van der Waals surface area contributed by atoms with Crippen LogP contribution in [0.3, 0.4) is 0 Å². The highest BCUT2D eigenvalue weighted by atomic mass is 79.9. The maximum Gasteiger partial charge on any atom is 0.137 e. The van der Waals surface area contributed by atoms with Crippen molar-refractivity contribution in [3.8, 4) is 5.75 Å². The van der Waals surface area contributed by atoms with Crippen LogP contribution in [0.4, 0.5) is 0 Å². The second-order valence-corrected chi connectivity index (χ2v) is 4.40. The van der Waals surface area contributed by atoms with Gasteiger partial charge in [0.25, 0.3) is 0 Å². The highest BCUT2D eigenvalue weighted by Gasteiger charge is 2.14. The van der Waals surface area contributed by atoms with Gasteiger partial charge in [0.15, 0.2) is 0 Å². The van der Waals surface area contributed by atoms with E-state index in [9.17, 15) is 5.11 Å². The molecule has 3 nitrogen and oxygen atoms in total. The molecular formula is C13H13BrO3. The fraction of sp³-hybridized carbons (Fsp3) is 0.231. The number of hydrogen-bond donors (Lipinski definition) is 1. The van der Waals surface area contributed by atoms with Gasteiger partial charge in [-0.25, -0.2) is 0 Å². The molecule has 0 aliphatic heterocycles. The molecule has 2 rings (SSSR count). The van der Waals surface area contributed by atoms with Crippen molar-refractivity contribution in [3.63, 3.8) is 0 Å². The molecule has 2 aromatic rings. The van der Waals surface area contributed by atoms with Crippen LogP contribution in [0.25, 0.3) is 0 Å². The molecule has 0 aliphatic rings. The van der Waals surface area contributed by atoms with E-state index in [0.29, 0.717) is 12.4 Å². The van der Waals surface area contributed by atoms with E-state index in [0.717, 1.165) is 15.8 Å². The van der Waals surface area contributed by atoms with Crippen molar-refractivity contribution in [3.05, 3.63) is 52.4 Å². The maximum atomic E-state index is 10.1. The summed E-state index contributed by atoms with van der Waals surface area (Å²) in [7, 11) is 0. The standard InChI is InChI=1S/C13H13BrO3/c1-2-16-11-6-5-9(8-10(11)14)13(15)12-4-3-7-17-12/h3-8,13,15H,2H2,1H3. The Morgan fingerprint density at radius 2 is 2.24 bits per heavy atom. The van der Waals surface area contributed by atoms with E-state index in [-0.39, 0.29) is 0 Å². The smallest absolute Gasteiger partial charge is 0.137 e. The molecule has 0 spiro atoms. The minimum atomic E-state index is -0.753. The minimum Gasteiger partial charge on any atom is -0.493 e. The van der Waals surface area contributed by atoms with Gasteiger partial charge in [0.1, 0.15) is 17.6 Å². The number of furan rings is 1. The lowest BCUT2D eigenvalue weighted by molar-refractivity contribution is 0.189. The van der Waals surface area contributed by atoms with Gasteiger partial charge in [0.05, 0.1) is 17.3 Å². The zero-order valence-corrected chi connectivity index (χ0v) is 11.0. The van der Waals surface area contributed by atoms with Gasteiger partial charge in [-0.3, -0.25) is 0 Å². The first-order valence-electron chi connectivity index (χ1n) is 5.36. The molecule has 1 aromatic carbocycles. The third-order valence-electron chi connectivity index (χ3n) is 2.38. The fourth-order valence-electron chi connectivity index (χ4n) is 1.57. The van der Waals surface area contributed by atoms with Crippen molar-refractivity contribution in [2.24, 2.45) is 0 Å². The Kier molecular flexibility index (Phi) is 3.86. The summed E-state index contributed by atoms with van der Waals surface area (Å²) < 4.78 is 11.4. The molecule has 1 heterocycles. The lowest BCUT2D eigenvalue weighted by Gasteiger charge is -2.11. The minimum absolute atomic E-state index is 0.529. The highest BCUT2D eigenvalue weighted by molar-refractivity contribution is 9.10. The third-order valence-corrected chi connectivity index (χ3v) is 3.00. The number of rotatable bonds is 4. The Labute approximate surface area is 108 Å². The third kappa shape index (κ3) is 2.70. The van der Waals surface area contributed by atoms with Gasteiger partial charge in [-0.05, 0) is 52.7 Å². The molecule has 1 aromatic heterocycles. The van der Waals surface area contributed by atoms with Crippen LogP contribution in [-0.4, -0.2) is 11.7 Å². The lowest BCUT2D eigenvalue weighted by Crippen LogP contribution is -1.99. The molecule has 0 fully saturated rings. The number of halogens is 1. The van der Waals surface area contributed by atoms with Gasteiger partial charge in [0, 0.05) is 0 Å². The van der Waals surface area contributed by atoms with E-state index in [1.165, 1.54) is 0 Å². The van der Waals surface area contributed by atoms with E-state index in [1.54, 1.807) is 18.4 Å². The summed E-state index contributed by atoms with van der Waals surface area (Å²) in [4.78, 5) is 0. The number of aliphatic hydroxyl groups is 1. The van der Waals surface area contributed by atoms with Gasteiger partial charge >= 0.3 is 0 Å². The monoisotopic (exact) mass is 296 g/mol. The van der Waals surface area contributed by atoms with E-state index in [2.05, 4.69) is 15.9 Å². The van der Waals surface area contributed by atoms with Gasteiger partial charge in [-0.2, -0.15) is 0 Å². The predicted octanol–water partition coefficient (Wildman–Crippen LogP) is 3.52. The summed E-state index contributed by atoms with van der Waals surface area (Å²) in [6.07, 6.45) is 0.791. The number of hydrogen-bond acceptors (Lipinski definition) is 3. The summed E-state index contributed by atoms with van der Waals surface area (Å²) >= 11 is 3.41. The first-order valence-corrected chi connectivity index (χ1v) is 6.15. The summed E-state index contributed by atoms with van der Waals surface area (Å²) in [5.74, 6) is 1.30. The van der Waals surface area contributed by atoms with Crippen LogP contribution < -0.4 is 4.74 Å². The lowest BCUT2D eigenvalue weighted by atomic mass is 10.1. The first kappa shape index (κ1) is 12.2. The summed E-state index contributed by atoms with van der Waals surface area (Å²) in [6.45, 7) is 2.54. The summed E-state index contributed by atoms with van der Waals surface area (Å²) in [6, 6.07) is 8.98. The molecule has 90 valence electrons. The highest BCUT2D eigenvalue weighted by Crippen LogP contribution is 2.30. The molecule has 0 aliphatic carbocycles. The van der Waals surface area contributed by atoms with E-state index in [1.807, 2.05) is 25.1 Å². The molecule has 17 heavy (non-hydrogen) atoms. The van der Waals surface area contributed by atoms with Gasteiger partial charge in [-0.1, -0.05) is 6.07 Å². The first-order chi connectivity index (χ1) is 8.22. The molecule has 0 radical (unpaired) electrons. The Bertz CT molecular complexity index is 479. The van der Waals surface area contributed by atoms with Crippen LogP contribution in [0.1, 0.15) is 24.4 Å². The average Bonchev–Trinajstić information content (AvgIpc) is 2.84. The number of aliphatic hydroxyl groups excluding tert-OH is 1. The van der Waals surface area contributed by atoms with Crippen molar-refractivity contribution < 1.29 is 14.3 Å². The Morgan fingerprint density at radius 3 is 2.82 bits per heavy atom. The Hall–Kier alpha value is -1.26. The molecule has 0 bridgehead atoms. The second kappa shape index (κ2) is 5.38. The van der Waals surface area contributed by atoms with E-state index >= 15 is 0 Å². The topological polar surface area (TPSA) is 42.6 Å².